The van der Waals surface area contributed by atoms with Gasteiger partial charge in [-0.2, -0.15) is 0 Å². The summed E-state index contributed by atoms with van der Waals surface area (Å²) in [7, 11) is 0. The van der Waals surface area contributed by atoms with Crippen molar-refractivity contribution in [1.82, 2.24) is 19.4 Å². The molecule has 1 aliphatic rings. The molecule has 1 saturated heterocycles. The van der Waals surface area contributed by atoms with E-state index in [2.05, 4.69) is 20.3 Å². The van der Waals surface area contributed by atoms with Gasteiger partial charge in [0.15, 0.2) is 17.3 Å². The van der Waals surface area contributed by atoms with Crippen LogP contribution in [0.2, 0.25) is 0 Å². The van der Waals surface area contributed by atoms with Crippen LogP contribution in [0.5, 0.6) is 0 Å². The molecule has 0 spiro atoms. The molecule has 178 valence electrons. The summed E-state index contributed by atoms with van der Waals surface area (Å²) in [4.78, 5) is 12.7. The molecule has 8 nitrogen and oxygen atoms in total. The average molecular weight is 462 g/mol. The minimum atomic E-state index is -0.880. The van der Waals surface area contributed by atoms with Crippen molar-refractivity contribution in [3.05, 3.63) is 41.5 Å². The number of nitrogens with one attached hydrogen (secondary N) is 1. The summed E-state index contributed by atoms with van der Waals surface area (Å²) in [5.74, 6) is -1.43. The number of imidazole rings is 1. The summed E-state index contributed by atoms with van der Waals surface area (Å²) < 4.78 is 36.6. The fourth-order valence-corrected chi connectivity index (χ4v) is 4.00. The number of halogens is 2. The van der Waals surface area contributed by atoms with Crippen molar-refractivity contribution in [2.24, 2.45) is 5.92 Å². The highest BCUT2D eigenvalue weighted by atomic mass is 19.1. The molecule has 1 unspecified atom stereocenters. The van der Waals surface area contributed by atoms with Crippen LogP contribution in [0.1, 0.15) is 57.5 Å². The molecule has 0 aromatic carbocycles. The van der Waals surface area contributed by atoms with Gasteiger partial charge in [0, 0.05) is 18.4 Å². The van der Waals surface area contributed by atoms with Crippen molar-refractivity contribution >= 4 is 11.6 Å². The highest BCUT2D eigenvalue weighted by molar-refractivity contribution is 5.64. The van der Waals surface area contributed by atoms with Crippen molar-refractivity contribution in [3.63, 3.8) is 0 Å². The van der Waals surface area contributed by atoms with Crippen LogP contribution >= 0.6 is 0 Å². The molecular formula is C23H29F2N5O3. The first-order valence-corrected chi connectivity index (χ1v) is 11.1. The summed E-state index contributed by atoms with van der Waals surface area (Å²) in [5.41, 5.74) is 1.22. The number of hydrogen-bond acceptors (Lipinski definition) is 7. The summed E-state index contributed by atoms with van der Waals surface area (Å²) in [6, 6.07) is 0.836. The van der Waals surface area contributed by atoms with Gasteiger partial charge < -0.3 is 20.3 Å². The van der Waals surface area contributed by atoms with Gasteiger partial charge in [-0.05, 0) is 24.3 Å². The molecule has 1 aliphatic heterocycles. The average Bonchev–Trinajstić information content (AvgIpc) is 3.16. The van der Waals surface area contributed by atoms with Crippen LogP contribution in [0.15, 0.2) is 18.5 Å². The van der Waals surface area contributed by atoms with E-state index in [1.54, 1.807) is 0 Å². The molecule has 0 saturated carbocycles. The number of nitrogens with zero attached hydrogens (tertiary/aromatic N) is 4. The Morgan fingerprint density at radius 1 is 1.18 bits per heavy atom. The highest BCUT2D eigenvalue weighted by Crippen LogP contribution is 2.33. The second-order valence-corrected chi connectivity index (χ2v) is 9.07. The molecule has 3 aromatic rings. The monoisotopic (exact) mass is 461 g/mol. The largest absolute Gasteiger partial charge is 0.389 e. The van der Waals surface area contributed by atoms with Crippen LogP contribution in [-0.2, 0) is 4.74 Å². The molecule has 1 fully saturated rings. The van der Waals surface area contributed by atoms with E-state index < -0.39 is 23.8 Å². The topological polar surface area (TPSA) is 105 Å². The van der Waals surface area contributed by atoms with E-state index >= 15 is 4.39 Å². The standard InChI is InChI=1S/C23H29F2N5O3/c1-11(2)18-20(21(32)12(3)4)30-9-13(7-14(24)22(30)28-18)19-15(25)8-26-23(29-19)27-16-5-6-33-10-17(16)31/h7-9,11-12,16-17,21,31-32H,5-6,10H2,1-4H3,(H,26,27,29)/t16-,17-,21?/m1/s1. The molecule has 4 rings (SSSR count). The zero-order chi connectivity index (χ0) is 23.9. The van der Waals surface area contributed by atoms with Gasteiger partial charge in [0.1, 0.15) is 5.69 Å². The lowest BCUT2D eigenvalue weighted by molar-refractivity contribution is -0.0136. The third-order valence-electron chi connectivity index (χ3n) is 5.86. The van der Waals surface area contributed by atoms with Gasteiger partial charge in [-0.3, -0.25) is 4.40 Å². The number of hydrogen-bond donors (Lipinski definition) is 3. The highest BCUT2D eigenvalue weighted by Gasteiger charge is 2.27. The van der Waals surface area contributed by atoms with Gasteiger partial charge in [-0.25, -0.2) is 23.7 Å². The van der Waals surface area contributed by atoms with Crippen LogP contribution in [0, 0.1) is 17.6 Å². The molecule has 4 heterocycles. The maximum atomic E-state index is 15.1. The number of aliphatic hydroxyl groups excluding tert-OH is 2. The normalized spacial score (nSPS) is 20.1. The molecule has 3 N–H and O–H groups in total. The van der Waals surface area contributed by atoms with E-state index in [0.29, 0.717) is 24.4 Å². The first kappa shape index (κ1) is 23.5. The van der Waals surface area contributed by atoms with Gasteiger partial charge in [-0.15, -0.1) is 0 Å². The Morgan fingerprint density at radius 2 is 1.94 bits per heavy atom. The van der Waals surface area contributed by atoms with Crippen molar-refractivity contribution in [1.29, 1.82) is 0 Å². The number of pyridine rings is 1. The van der Waals surface area contributed by atoms with Crippen LogP contribution in [0.4, 0.5) is 14.7 Å². The second-order valence-electron chi connectivity index (χ2n) is 9.07. The van der Waals surface area contributed by atoms with Gasteiger partial charge in [0.2, 0.25) is 5.95 Å². The van der Waals surface area contributed by atoms with E-state index in [-0.39, 0.29) is 47.3 Å². The first-order chi connectivity index (χ1) is 15.7. The molecule has 0 bridgehead atoms. The summed E-state index contributed by atoms with van der Waals surface area (Å²) >= 11 is 0. The molecule has 0 radical (unpaired) electrons. The Morgan fingerprint density at radius 3 is 2.61 bits per heavy atom. The van der Waals surface area contributed by atoms with Crippen LogP contribution in [-0.4, -0.2) is 54.9 Å². The van der Waals surface area contributed by atoms with E-state index in [4.69, 9.17) is 4.74 Å². The molecule has 33 heavy (non-hydrogen) atoms. The van der Waals surface area contributed by atoms with Gasteiger partial charge >= 0.3 is 0 Å². The van der Waals surface area contributed by atoms with Crippen molar-refractivity contribution in [2.45, 2.75) is 58.3 Å². The zero-order valence-corrected chi connectivity index (χ0v) is 19.1. The number of rotatable bonds is 6. The number of fused-ring (bicyclic) bond motifs is 1. The number of aromatic nitrogens is 4. The Kier molecular flexibility index (Phi) is 6.60. The van der Waals surface area contributed by atoms with E-state index in [9.17, 15) is 14.6 Å². The quantitative estimate of drug-likeness (QED) is 0.516. The Bertz CT molecular complexity index is 1150. The fraction of sp³-hybridized carbons (Fsp3) is 0.522. The summed E-state index contributed by atoms with van der Waals surface area (Å²) in [6.07, 6.45) is 1.47. The van der Waals surface area contributed by atoms with Crippen molar-refractivity contribution in [3.8, 4) is 11.3 Å². The Hall–Kier alpha value is -2.69. The smallest absolute Gasteiger partial charge is 0.223 e. The maximum absolute atomic E-state index is 15.1. The second kappa shape index (κ2) is 9.28. The van der Waals surface area contributed by atoms with Gasteiger partial charge in [-0.1, -0.05) is 27.7 Å². The summed E-state index contributed by atoms with van der Waals surface area (Å²) in [6.45, 7) is 8.23. The lowest BCUT2D eigenvalue weighted by Crippen LogP contribution is -2.42. The number of ether oxygens (including phenoxy) is 1. The first-order valence-electron chi connectivity index (χ1n) is 11.1. The molecule has 3 atom stereocenters. The minimum absolute atomic E-state index is 0.0476. The van der Waals surface area contributed by atoms with E-state index in [1.807, 2.05) is 27.7 Å². The number of aliphatic hydroxyl groups is 2. The fourth-order valence-electron chi connectivity index (χ4n) is 4.00. The minimum Gasteiger partial charge on any atom is -0.389 e. The predicted octanol–water partition coefficient (Wildman–Crippen LogP) is 3.44. The molecule has 3 aromatic heterocycles. The van der Waals surface area contributed by atoms with Crippen LogP contribution < -0.4 is 5.32 Å². The maximum Gasteiger partial charge on any atom is 0.223 e. The SMILES string of the molecule is CC(C)c1nc2c(F)cc(-c3nc(N[C@@H]4CCOC[C@H]4O)ncc3F)cn2c1C(O)C(C)C. The molecular weight excluding hydrogens is 432 g/mol. The van der Waals surface area contributed by atoms with Crippen LogP contribution in [0.25, 0.3) is 16.9 Å². The Balaban J connectivity index is 1.80. The van der Waals surface area contributed by atoms with E-state index in [1.165, 1.54) is 16.7 Å². The molecule has 10 heteroatoms. The third kappa shape index (κ3) is 4.55. The van der Waals surface area contributed by atoms with E-state index in [0.717, 1.165) is 6.20 Å². The zero-order valence-electron chi connectivity index (χ0n) is 19.1. The van der Waals surface area contributed by atoms with Gasteiger partial charge in [0.05, 0.1) is 42.4 Å². The number of anilines is 1. The summed E-state index contributed by atoms with van der Waals surface area (Å²) in [5, 5.41) is 24.0. The lowest BCUT2D eigenvalue weighted by Gasteiger charge is -2.28. The van der Waals surface area contributed by atoms with Crippen LogP contribution in [0.3, 0.4) is 0 Å². The van der Waals surface area contributed by atoms with Crippen molar-refractivity contribution in [2.75, 3.05) is 18.5 Å². The lowest BCUT2D eigenvalue weighted by atomic mass is 9.98. The van der Waals surface area contributed by atoms with Gasteiger partial charge in [0.25, 0.3) is 0 Å². The van der Waals surface area contributed by atoms with Crippen molar-refractivity contribution < 1.29 is 23.7 Å². The molecule has 0 amide bonds. The third-order valence-corrected chi connectivity index (χ3v) is 5.86. The molecule has 0 aliphatic carbocycles. The Labute approximate surface area is 190 Å². The predicted molar refractivity (Wildman–Crippen MR) is 119 cm³/mol.